The first kappa shape index (κ1) is 22.7. The molecule has 3 atom stereocenters. The van der Waals surface area contributed by atoms with Gasteiger partial charge in [0.25, 0.3) is 0 Å². The van der Waals surface area contributed by atoms with Crippen LogP contribution in [0.1, 0.15) is 43.2 Å². The molecule has 3 unspecified atom stereocenters. The maximum absolute atomic E-state index is 12.9. The summed E-state index contributed by atoms with van der Waals surface area (Å²) in [6, 6.07) is 3.65. The van der Waals surface area contributed by atoms with Crippen LogP contribution in [-0.2, 0) is 27.1 Å². The Kier molecular flexibility index (Phi) is 7.10. The maximum atomic E-state index is 12.9. The van der Waals surface area contributed by atoms with Crippen LogP contribution in [0, 0.1) is 11.8 Å². The molecule has 1 heterocycles. The minimum absolute atomic E-state index is 0.0236. The molecule has 0 radical (unpaired) electrons. The van der Waals surface area contributed by atoms with Gasteiger partial charge in [-0.1, -0.05) is 25.0 Å². The lowest BCUT2D eigenvalue weighted by Gasteiger charge is -2.26. The number of imide groups is 1. The van der Waals surface area contributed by atoms with Gasteiger partial charge in [-0.15, -0.1) is 0 Å². The number of carbonyl (C=O) groups excluding carboxylic acids is 3. The highest BCUT2D eigenvalue weighted by atomic mass is 32.2. The molecule has 1 aromatic carbocycles. The smallest absolute Gasteiger partial charge is 0.350 e. The molecule has 9 heteroatoms. The van der Waals surface area contributed by atoms with Gasteiger partial charge < -0.3 is 5.32 Å². The van der Waals surface area contributed by atoms with E-state index in [2.05, 4.69) is 5.32 Å². The molecule has 1 aliphatic heterocycles. The zero-order valence-corrected chi connectivity index (χ0v) is 17.5. The van der Waals surface area contributed by atoms with E-state index >= 15 is 0 Å². The number of halogens is 3. The van der Waals surface area contributed by atoms with Crippen LogP contribution in [-0.4, -0.2) is 40.7 Å². The molecule has 1 N–H and O–H groups in total. The molecule has 0 aromatic heterocycles. The van der Waals surface area contributed by atoms with Crippen molar-refractivity contribution >= 4 is 29.5 Å². The molecule has 0 bridgehead atoms. The quantitative estimate of drug-likeness (QED) is 0.655. The van der Waals surface area contributed by atoms with Crippen LogP contribution in [0.2, 0.25) is 0 Å². The topological polar surface area (TPSA) is 66.5 Å². The van der Waals surface area contributed by atoms with Gasteiger partial charge in [0, 0.05) is 6.54 Å². The number of alkyl halides is 3. The zero-order valence-electron chi connectivity index (χ0n) is 16.7. The van der Waals surface area contributed by atoms with Crippen LogP contribution in [0.15, 0.2) is 24.3 Å². The third kappa shape index (κ3) is 4.82. The molecule has 1 saturated carbocycles. The van der Waals surface area contributed by atoms with Crippen LogP contribution in [0.5, 0.6) is 0 Å². The molecule has 0 spiro atoms. The minimum atomic E-state index is -4.42. The number of hydrogen-bond donors (Lipinski definition) is 1. The monoisotopic (exact) mass is 442 g/mol. The van der Waals surface area contributed by atoms with Gasteiger partial charge in [-0.05, 0) is 49.0 Å². The Morgan fingerprint density at radius 3 is 2.20 bits per heavy atom. The molecule has 1 aliphatic carbocycles. The molecular weight excluding hydrogens is 417 g/mol. The van der Waals surface area contributed by atoms with Crippen molar-refractivity contribution in [3.8, 4) is 0 Å². The Balaban J connectivity index is 1.70. The number of amides is 3. The van der Waals surface area contributed by atoms with Crippen molar-refractivity contribution in [1.29, 1.82) is 0 Å². The van der Waals surface area contributed by atoms with E-state index in [4.69, 9.17) is 0 Å². The van der Waals surface area contributed by atoms with E-state index < -0.39 is 23.7 Å². The van der Waals surface area contributed by atoms with Gasteiger partial charge in [-0.3, -0.25) is 19.3 Å². The Hall–Kier alpha value is -2.03. The molecule has 30 heavy (non-hydrogen) atoms. The van der Waals surface area contributed by atoms with E-state index in [-0.39, 0.29) is 30.2 Å². The lowest BCUT2D eigenvalue weighted by atomic mass is 9.81. The highest BCUT2D eigenvalue weighted by molar-refractivity contribution is 7.98. The summed E-state index contributed by atoms with van der Waals surface area (Å²) >= 11 is 1.52. The summed E-state index contributed by atoms with van der Waals surface area (Å²) in [7, 11) is 0. The van der Waals surface area contributed by atoms with E-state index in [1.54, 1.807) is 0 Å². The standard InChI is InChI=1S/C21H25F3N2O3S/c1-30-11-10-17(26-19(28)15-4-2-3-5-16(15)20(26)29)18(27)25-12-13-6-8-14(9-7-13)21(22,23)24/h6-9,15-17H,2-5,10-12H2,1H3,(H,25,27). The highest BCUT2D eigenvalue weighted by Gasteiger charge is 2.51. The Morgan fingerprint density at radius 2 is 1.70 bits per heavy atom. The molecular formula is C21H25F3N2O3S. The number of nitrogens with zero attached hydrogens (tertiary/aromatic N) is 1. The second kappa shape index (κ2) is 9.41. The van der Waals surface area contributed by atoms with Gasteiger partial charge in [-0.2, -0.15) is 24.9 Å². The van der Waals surface area contributed by atoms with Gasteiger partial charge in [0.1, 0.15) is 6.04 Å². The number of likely N-dealkylation sites (tertiary alicyclic amines) is 1. The maximum Gasteiger partial charge on any atom is 0.416 e. The van der Waals surface area contributed by atoms with Crippen LogP contribution in [0.25, 0.3) is 0 Å². The number of benzene rings is 1. The number of carbonyl (C=O) groups is 3. The van der Waals surface area contributed by atoms with Crippen molar-refractivity contribution in [2.45, 2.75) is 50.9 Å². The molecule has 2 aliphatic rings. The highest BCUT2D eigenvalue weighted by Crippen LogP contribution is 2.39. The van der Waals surface area contributed by atoms with Crippen molar-refractivity contribution in [3.63, 3.8) is 0 Å². The van der Waals surface area contributed by atoms with Gasteiger partial charge in [0.2, 0.25) is 17.7 Å². The van der Waals surface area contributed by atoms with Crippen LogP contribution in [0.3, 0.4) is 0 Å². The molecule has 3 amide bonds. The van der Waals surface area contributed by atoms with Gasteiger partial charge in [0.15, 0.2) is 0 Å². The normalized spacial score (nSPS) is 22.7. The second-order valence-electron chi connectivity index (χ2n) is 7.75. The summed E-state index contributed by atoms with van der Waals surface area (Å²) in [6.07, 6.45) is 0.967. The fourth-order valence-electron chi connectivity index (χ4n) is 4.22. The van der Waals surface area contributed by atoms with E-state index in [0.717, 1.165) is 29.9 Å². The average Bonchev–Trinajstić information content (AvgIpc) is 2.97. The zero-order chi connectivity index (χ0) is 21.9. The van der Waals surface area contributed by atoms with Crippen LogP contribution >= 0.6 is 11.8 Å². The first-order valence-corrected chi connectivity index (χ1v) is 11.4. The van der Waals surface area contributed by atoms with E-state index in [1.165, 1.54) is 23.9 Å². The fraction of sp³-hybridized carbons (Fsp3) is 0.571. The summed E-state index contributed by atoms with van der Waals surface area (Å²) in [5.41, 5.74) is -0.251. The van der Waals surface area contributed by atoms with Crippen LogP contribution < -0.4 is 5.32 Å². The third-order valence-corrected chi connectivity index (χ3v) is 6.48. The molecule has 3 rings (SSSR count). The number of hydrogen-bond acceptors (Lipinski definition) is 4. The molecule has 2 fully saturated rings. The van der Waals surface area contributed by atoms with E-state index in [9.17, 15) is 27.6 Å². The van der Waals surface area contributed by atoms with E-state index in [1.807, 2.05) is 6.26 Å². The van der Waals surface area contributed by atoms with Crippen molar-refractivity contribution < 1.29 is 27.6 Å². The Labute approximate surface area is 177 Å². The molecule has 5 nitrogen and oxygen atoms in total. The first-order valence-electron chi connectivity index (χ1n) is 10.0. The third-order valence-electron chi connectivity index (χ3n) is 5.83. The van der Waals surface area contributed by atoms with Crippen molar-refractivity contribution in [1.82, 2.24) is 10.2 Å². The number of thioether (sulfide) groups is 1. The fourth-order valence-corrected chi connectivity index (χ4v) is 4.68. The summed E-state index contributed by atoms with van der Waals surface area (Å²) in [4.78, 5) is 39.8. The second-order valence-corrected chi connectivity index (χ2v) is 8.74. The minimum Gasteiger partial charge on any atom is -0.350 e. The van der Waals surface area contributed by atoms with Gasteiger partial charge in [0.05, 0.1) is 17.4 Å². The Morgan fingerprint density at radius 1 is 1.13 bits per heavy atom. The lowest BCUT2D eigenvalue weighted by molar-refractivity contribution is -0.148. The number of nitrogens with one attached hydrogen (secondary N) is 1. The van der Waals surface area contributed by atoms with Gasteiger partial charge in [-0.25, -0.2) is 0 Å². The summed E-state index contributed by atoms with van der Waals surface area (Å²) in [5, 5.41) is 2.69. The van der Waals surface area contributed by atoms with Crippen molar-refractivity contribution in [2.75, 3.05) is 12.0 Å². The summed E-state index contributed by atoms with van der Waals surface area (Å²) in [6.45, 7) is 0.0236. The number of fused-ring (bicyclic) bond motifs is 1. The first-order chi connectivity index (χ1) is 14.2. The predicted octanol–water partition coefficient (Wildman–Crippen LogP) is 3.62. The average molecular weight is 443 g/mol. The SMILES string of the molecule is CSCCC(C(=O)NCc1ccc(C(F)(F)F)cc1)N1C(=O)C2CCCCC2C1=O. The predicted molar refractivity (Wildman–Crippen MR) is 107 cm³/mol. The molecule has 1 saturated heterocycles. The Bertz CT molecular complexity index is 774. The lowest BCUT2D eigenvalue weighted by Crippen LogP contribution is -2.50. The summed E-state index contributed by atoms with van der Waals surface area (Å²) in [5.74, 6) is -1.04. The largest absolute Gasteiger partial charge is 0.416 e. The van der Waals surface area contributed by atoms with E-state index in [0.29, 0.717) is 30.6 Å². The van der Waals surface area contributed by atoms with Crippen molar-refractivity contribution in [2.24, 2.45) is 11.8 Å². The summed E-state index contributed by atoms with van der Waals surface area (Å²) < 4.78 is 38.1. The van der Waals surface area contributed by atoms with Crippen molar-refractivity contribution in [3.05, 3.63) is 35.4 Å². The van der Waals surface area contributed by atoms with Gasteiger partial charge >= 0.3 is 6.18 Å². The number of rotatable bonds is 7. The molecule has 164 valence electrons. The van der Waals surface area contributed by atoms with Crippen LogP contribution in [0.4, 0.5) is 13.2 Å². The molecule has 1 aromatic rings.